The van der Waals surface area contributed by atoms with E-state index in [0.717, 1.165) is 5.56 Å². The van der Waals surface area contributed by atoms with Gasteiger partial charge in [0.15, 0.2) is 11.5 Å². The number of methoxy groups -OCH3 is 1. The van der Waals surface area contributed by atoms with Crippen molar-refractivity contribution in [3.05, 3.63) is 23.8 Å². The maximum Gasteiger partial charge on any atom is 0.160 e. The van der Waals surface area contributed by atoms with Crippen LogP contribution in [0.25, 0.3) is 0 Å². The lowest BCUT2D eigenvalue weighted by Crippen LogP contribution is -2.04. The van der Waals surface area contributed by atoms with Crippen molar-refractivity contribution in [2.45, 2.75) is 13.0 Å². The zero-order chi connectivity index (χ0) is 9.14. The highest BCUT2D eigenvalue weighted by Crippen LogP contribution is 2.27. The minimum atomic E-state index is -0.0678. The van der Waals surface area contributed by atoms with Crippen LogP contribution in [-0.4, -0.2) is 12.2 Å². The van der Waals surface area contributed by atoms with Crippen LogP contribution < -0.4 is 10.5 Å². The second kappa shape index (κ2) is 4.94. The first-order chi connectivity index (χ1) is 5.65. The van der Waals surface area contributed by atoms with Crippen LogP contribution >= 0.6 is 12.4 Å². The summed E-state index contributed by atoms with van der Waals surface area (Å²) in [6.45, 7) is 1.86. The van der Waals surface area contributed by atoms with Crippen molar-refractivity contribution >= 4 is 12.4 Å². The van der Waals surface area contributed by atoms with Gasteiger partial charge in [-0.2, -0.15) is 0 Å². The first-order valence-corrected chi connectivity index (χ1v) is 3.77. The van der Waals surface area contributed by atoms with Gasteiger partial charge in [-0.05, 0) is 24.6 Å². The predicted octanol–water partition coefficient (Wildman–Crippen LogP) is 1.84. The number of rotatable bonds is 2. The minimum Gasteiger partial charge on any atom is -0.504 e. The molecule has 74 valence electrons. The zero-order valence-electron chi connectivity index (χ0n) is 7.65. The van der Waals surface area contributed by atoms with Crippen LogP contribution in [0.5, 0.6) is 11.5 Å². The van der Waals surface area contributed by atoms with Gasteiger partial charge in [-0.3, -0.25) is 0 Å². The van der Waals surface area contributed by atoms with E-state index in [1.54, 1.807) is 12.1 Å². The fourth-order valence-corrected chi connectivity index (χ4v) is 0.990. The maximum absolute atomic E-state index is 9.36. The van der Waals surface area contributed by atoms with Crippen LogP contribution in [-0.2, 0) is 0 Å². The molecule has 4 heteroatoms. The average molecular weight is 204 g/mol. The van der Waals surface area contributed by atoms with Crippen molar-refractivity contribution in [2.24, 2.45) is 5.73 Å². The first-order valence-electron chi connectivity index (χ1n) is 3.77. The number of phenols is 1. The van der Waals surface area contributed by atoms with Gasteiger partial charge in [0.2, 0.25) is 0 Å². The summed E-state index contributed by atoms with van der Waals surface area (Å²) < 4.78 is 4.89. The molecule has 3 nitrogen and oxygen atoms in total. The molecular formula is C9H14ClNO2. The third-order valence-corrected chi connectivity index (χ3v) is 1.73. The number of nitrogens with two attached hydrogens (primary N) is 1. The quantitative estimate of drug-likeness (QED) is 0.771. The van der Waals surface area contributed by atoms with Crippen LogP contribution in [0.1, 0.15) is 18.5 Å². The van der Waals surface area contributed by atoms with Gasteiger partial charge in [0, 0.05) is 6.04 Å². The summed E-state index contributed by atoms with van der Waals surface area (Å²) in [5.74, 6) is 0.603. The number of halogens is 1. The molecule has 0 radical (unpaired) electrons. The maximum atomic E-state index is 9.36. The molecule has 0 amide bonds. The summed E-state index contributed by atoms with van der Waals surface area (Å²) in [5, 5.41) is 9.36. The fourth-order valence-electron chi connectivity index (χ4n) is 0.990. The van der Waals surface area contributed by atoms with E-state index in [1.165, 1.54) is 7.11 Å². The van der Waals surface area contributed by atoms with Gasteiger partial charge in [-0.25, -0.2) is 0 Å². The predicted molar refractivity (Wildman–Crippen MR) is 54.5 cm³/mol. The number of ether oxygens (including phenoxy) is 1. The van der Waals surface area contributed by atoms with E-state index < -0.39 is 0 Å². The molecule has 1 unspecified atom stereocenters. The topological polar surface area (TPSA) is 55.5 Å². The van der Waals surface area contributed by atoms with Gasteiger partial charge in [-0.15, -0.1) is 12.4 Å². The average Bonchev–Trinajstić information content (AvgIpc) is 2.04. The monoisotopic (exact) mass is 203 g/mol. The third kappa shape index (κ3) is 2.79. The molecule has 0 saturated heterocycles. The molecule has 0 bridgehead atoms. The molecule has 0 fully saturated rings. The first kappa shape index (κ1) is 12.1. The Kier molecular flexibility index (Phi) is 4.59. The lowest BCUT2D eigenvalue weighted by Gasteiger charge is -2.08. The van der Waals surface area contributed by atoms with Crippen molar-refractivity contribution in [1.29, 1.82) is 0 Å². The molecule has 1 atom stereocenters. The van der Waals surface area contributed by atoms with Crippen LogP contribution in [0.3, 0.4) is 0 Å². The van der Waals surface area contributed by atoms with Gasteiger partial charge >= 0.3 is 0 Å². The molecule has 0 aromatic heterocycles. The highest BCUT2D eigenvalue weighted by atomic mass is 35.5. The number of hydrogen-bond acceptors (Lipinski definition) is 3. The van der Waals surface area contributed by atoms with E-state index in [9.17, 15) is 5.11 Å². The summed E-state index contributed by atoms with van der Waals surface area (Å²) in [5.41, 5.74) is 6.52. The SMILES string of the molecule is COc1ccc(C(C)N)cc1O.Cl. The largest absolute Gasteiger partial charge is 0.504 e. The Bertz CT molecular complexity index is 276. The van der Waals surface area contributed by atoms with Crippen molar-refractivity contribution in [3.8, 4) is 11.5 Å². The Labute approximate surface area is 83.9 Å². The molecule has 0 saturated carbocycles. The van der Waals surface area contributed by atoms with E-state index >= 15 is 0 Å². The second-order valence-corrected chi connectivity index (χ2v) is 2.72. The molecule has 3 N–H and O–H groups in total. The van der Waals surface area contributed by atoms with E-state index in [0.29, 0.717) is 5.75 Å². The Morgan fingerprint density at radius 3 is 2.46 bits per heavy atom. The standard InChI is InChI=1S/C9H13NO2.ClH/c1-6(10)7-3-4-9(12-2)8(11)5-7;/h3-6,11H,10H2,1-2H3;1H. The molecule has 1 rings (SSSR count). The van der Waals surface area contributed by atoms with Gasteiger partial charge in [0.05, 0.1) is 7.11 Å². The summed E-state index contributed by atoms with van der Waals surface area (Å²) in [4.78, 5) is 0. The lowest BCUT2D eigenvalue weighted by atomic mass is 10.1. The Morgan fingerprint density at radius 1 is 1.46 bits per heavy atom. The van der Waals surface area contributed by atoms with Crippen LogP contribution in [0.2, 0.25) is 0 Å². The summed E-state index contributed by atoms with van der Waals surface area (Å²) in [7, 11) is 1.51. The summed E-state index contributed by atoms with van der Waals surface area (Å²) >= 11 is 0. The molecule has 0 aliphatic heterocycles. The van der Waals surface area contributed by atoms with Gasteiger partial charge in [0.25, 0.3) is 0 Å². The Balaban J connectivity index is 0.00000144. The highest BCUT2D eigenvalue weighted by Gasteiger charge is 2.04. The van der Waals surface area contributed by atoms with Crippen LogP contribution in [0.4, 0.5) is 0 Å². The second-order valence-electron chi connectivity index (χ2n) is 2.72. The van der Waals surface area contributed by atoms with E-state index in [2.05, 4.69) is 0 Å². The Hall–Kier alpha value is -0.930. The highest BCUT2D eigenvalue weighted by molar-refractivity contribution is 5.85. The van der Waals surface area contributed by atoms with Crippen molar-refractivity contribution in [2.75, 3.05) is 7.11 Å². The third-order valence-electron chi connectivity index (χ3n) is 1.73. The normalized spacial score (nSPS) is 11.6. The summed E-state index contributed by atoms with van der Waals surface area (Å²) in [6.07, 6.45) is 0. The molecule has 1 aromatic rings. The van der Waals surface area contributed by atoms with E-state index in [4.69, 9.17) is 10.5 Å². The Morgan fingerprint density at radius 2 is 2.08 bits per heavy atom. The van der Waals surface area contributed by atoms with Crippen molar-refractivity contribution < 1.29 is 9.84 Å². The van der Waals surface area contributed by atoms with Crippen LogP contribution in [0.15, 0.2) is 18.2 Å². The molecule has 0 aliphatic carbocycles. The molecule has 13 heavy (non-hydrogen) atoms. The molecule has 0 heterocycles. The number of hydrogen-bond donors (Lipinski definition) is 2. The molecular weight excluding hydrogens is 190 g/mol. The molecule has 0 spiro atoms. The number of phenolic OH excluding ortho intramolecular Hbond substituents is 1. The lowest BCUT2D eigenvalue weighted by molar-refractivity contribution is 0.373. The number of benzene rings is 1. The van der Waals surface area contributed by atoms with E-state index in [1.807, 2.05) is 13.0 Å². The fraction of sp³-hybridized carbons (Fsp3) is 0.333. The molecule has 0 aliphatic rings. The van der Waals surface area contributed by atoms with Gasteiger partial charge < -0.3 is 15.6 Å². The van der Waals surface area contributed by atoms with Crippen molar-refractivity contribution in [1.82, 2.24) is 0 Å². The summed E-state index contributed by atoms with van der Waals surface area (Å²) in [6, 6.07) is 5.09. The van der Waals surface area contributed by atoms with Gasteiger partial charge in [0.1, 0.15) is 0 Å². The van der Waals surface area contributed by atoms with Crippen molar-refractivity contribution in [3.63, 3.8) is 0 Å². The minimum absolute atomic E-state index is 0. The van der Waals surface area contributed by atoms with Crippen LogP contribution in [0, 0.1) is 0 Å². The number of aromatic hydroxyl groups is 1. The van der Waals surface area contributed by atoms with E-state index in [-0.39, 0.29) is 24.2 Å². The smallest absolute Gasteiger partial charge is 0.160 e. The molecule has 1 aromatic carbocycles. The zero-order valence-corrected chi connectivity index (χ0v) is 8.47. The van der Waals surface area contributed by atoms with Gasteiger partial charge in [-0.1, -0.05) is 6.07 Å².